The molecule has 1 unspecified atom stereocenters. The molecule has 1 fully saturated rings. The monoisotopic (exact) mass is 279 g/mol. The molecule has 1 aliphatic rings. The highest BCUT2D eigenvalue weighted by atomic mass is 16.6. The zero-order chi connectivity index (χ0) is 14.4. The van der Waals surface area contributed by atoms with Crippen molar-refractivity contribution in [2.45, 2.75) is 25.0 Å². The van der Waals surface area contributed by atoms with Gasteiger partial charge in [0.15, 0.2) is 6.04 Å². The zero-order valence-corrected chi connectivity index (χ0v) is 11.0. The molecular formula is C14H17NO5. The van der Waals surface area contributed by atoms with Crippen molar-refractivity contribution in [1.29, 1.82) is 0 Å². The number of aliphatic carboxylic acids is 1. The lowest BCUT2D eigenvalue weighted by Crippen LogP contribution is -2.37. The number of carboxylic acids is 1. The number of amides is 1. The number of nitrogens with one attached hydrogen (secondary N) is 1. The largest absolute Gasteiger partial charge is 0.479 e. The Labute approximate surface area is 116 Å². The summed E-state index contributed by atoms with van der Waals surface area (Å²) in [5, 5.41) is 11.6. The van der Waals surface area contributed by atoms with Crippen molar-refractivity contribution in [2.24, 2.45) is 0 Å². The maximum absolute atomic E-state index is 11.8. The fraction of sp³-hybridized carbons (Fsp3) is 0.429. The van der Waals surface area contributed by atoms with Gasteiger partial charge in [-0.1, -0.05) is 30.3 Å². The fourth-order valence-corrected chi connectivity index (χ4v) is 2.03. The molecule has 0 spiro atoms. The van der Waals surface area contributed by atoms with E-state index >= 15 is 0 Å². The molecule has 1 heterocycles. The van der Waals surface area contributed by atoms with E-state index < -0.39 is 18.1 Å². The molecule has 1 aromatic rings. The molecule has 2 N–H and O–H groups in total. The van der Waals surface area contributed by atoms with Gasteiger partial charge in [0, 0.05) is 12.8 Å². The van der Waals surface area contributed by atoms with Gasteiger partial charge in [-0.15, -0.1) is 0 Å². The molecule has 1 saturated heterocycles. The summed E-state index contributed by atoms with van der Waals surface area (Å²) in [6.07, 6.45) is 0.342. The van der Waals surface area contributed by atoms with Crippen molar-refractivity contribution >= 4 is 12.1 Å². The van der Waals surface area contributed by atoms with Gasteiger partial charge < -0.3 is 19.9 Å². The number of hydrogen-bond acceptors (Lipinski definition) is 4. The molecule has 0 aliphatic carbocycles. The van der Waals surface area contributed by atoms with Crippen LogP contribution in [0.25, 0.3) is 0 Å². The number of rotatable bonds is 4. The summed E-state index contributed by atoms with van der Waals surface area (Å²) >= 11 is 0. The average molecular weight is 279 g/mol. The van der Waals surface area contributed by atoms with Gasteiger partial charge in [-0.05, 0) is 5.56 Å². The highest BCUT2D eigenvalue weighted by Crippen LogP contribution is 2.15. The summed E-state index contributed by atoms with van der Waals surface area (Å²) < 4.78 is 10.4. The average Bonchev–Trinajstić information content (AvgIpc) is 2.46. The summed E-state index contributed by atoms with van der Waals surface area (Å²) in [5.41, 5.74) is 0.504. The molecule has 6 nitrogen and oxygen atoms in total. The summed E-state index contributed by atoms with van der Waals surface area (Å²) in [6.45, 7) is 1.11. The van der Waals surface area contributed by atoms with Crippen molar-refractivity contribution in [2.75, 3.05) is 13.2 Å². The smallest absolute Gasteiger partial charge is 0.408 e. The van der Waals surface area contributed by atoms with Gasteiger partial charge in [0.2, 0.25) is 0 Å². The van der Waals surface area contributed by atoms with E-state index in [0.29, 0.717) is 31.6 Å². The third kappa shape index (κ3) is 3.96. The number of carbonyl (C=O) groups excluding carboxylic acids is 1. The van der Waals surface area contributed by atoms with E-state index in [9.17, 15) is 14.7 Å². The van der Waals surface area contributed by atoms with E-state index in [1.54, 1.807) is 30.3 Å². The number of alkyl carbamates (subject to hydrolysis) is 1. The van der Waals surface area contributed by atoms with Gasteiger partial charge in [-0.2, -0.15) is 0 Å². The molecule has 6 heteroatoms. The van der Waals surface area contributed by atoms with E-state index in [-0.39, 0.29) is 6.10 Å². The molecule has 0 aromatic heterocycles. The van der Waals surface area contributed by atoms with Gasteiger partial charge in [0.25, 0.3) is 0 Å². The van der Waals surface area contributed by atoms with Crippen molar-refractivity contribution in [3.63, 3.8) is 0 Å². The lowest BCUT2D eigenvalue weighted by molar-refractivity contribution is -0.139. The van der Waals surface area contributed by atoms with Gasteiger partial charge in [0.05, 0.1) is 13.2 Å². The quantitative estimate of drug-likeness (QED) is 0.876. The first-order valence-corrected chi connectivity index (χ1v) is 6.49. The Morgan fingerprint density at radius 1 is 1.25 bits per heavy atom. The Kier molecular flexibility index (Phi) is 4.95. The van der Waals surface area contributed by atoms with Crippen LogP contribution in [0.3, 0.4) is 0 Å². The van der Waals surface area contributed by atoms with Crippen LogP contribution in [0, 0.1) is 0 Å². The van der Waals surface area contributed by atoms with Gasteiger partial charge >= 0.3 is 12.1 Å². The lowest BCUT2D eigenvalue weighted by atomic mass is 10.1. The Morgan fingerprint density at radius 3 is 2.50 bits per heavy atom. The van der Waals surface area contributed by atoms with E-state index in [2.05, 4.69) is 5.32 Å². The predicted molar refractivity (Wildman–Crippen MR) is 70.3 cm³/mol. The predicted octanol–water partition coefficient (Wildman–Crippen LogP) is 1.72. The Bertz CT molecular complexity index is 456. The molecule has 0 bridgehead atoms. The Balaban J connectivity index is 1.94. The van der Waals surface area contributed by atoms with Crippen LogP contribution in [-0.4, -0.2) is 36.5 Å². The van der Waals surface area contributed by atoms with Crippen LogP contribution in [0.15, 0.2) is 30.3 Å². The van der Waals surface area contributed by atoms with E-state index in [1.165, 1.54) is 0 Å². The first kappa shape index (κ1) is 14.3. The number of carbonyl (C=O) groups is 2. The topological polar surface area (TPSA) is 84.9 Å². The summed E-state index contributed by atoms with van der Waals surface area (Å²) in [4.78, 5) is 23.0. The van der Waals surface area contributed by atoms with Crippen LogP contribution in [0.5, 0.6) is 0 Å². The van der Waals surface area contributed by atoms with Crippen molar-refractivity contribution in [3.8, 4) is 0 Å². The number of benzene rings is 1. The lowest BCUT2D eigenvalue weighted by Gasteiger charge is -2.23. The van der Waals surface area contributed by atoms with E-state index in [0.717, 1.165) is 0 Å². The first-order chi connectivity index (χ1) is 9.66. The molecular weight excluding hydrogens is 262 g/mol. The van der Waals surface area contributed by atoms with Crippen molar-refractivity contribution in [3.05, 3.63) is 35.9 Å². The van der Waals surface area contributed by atoms with Gasteiger partial charge in [-0.3, -0.25) is 0 Å². The normalized spacial score (nSPS) is 17.2. The summed E-state index contributed by atoms with van der Waals surface area (Å²) in [7, 11) is 0. The third-order valence-electron chi connectivity index (χ3n) is 3.08. The van der Waals surface area contributed by atoms with E-state index in [1.807, 2.05) is 0 Å². The first-order valence-electron chi connectivity index (χ1n) is 6.49. The van der Waals surface area contributed by atoms with Crippen LogP contribution in [-0.2, 0) is 14.3 Å². The summed E-state index contributed by atoms with van der Waals surface area (Å²) in [5.74, 6) is -1.12. The minimum atomic E-state index is -1.12. The summed E-state index contributed by atoms with van der Waals surface area (Å²) in [6, 6.07) is 7.40. The fourth-order valence-electron chi connectivity index (χ4n) is 2.03. The highest BCUT2D eigenvalue weighted by Gasteiger charge is 2.25. The number of carboxylic acid groups (broad SMARTS) is 1. The molecule has 1 atom stereocenters. The van der Waals surface area contributed by atoms with Crippen molar-refractivity contribution < 1.29 is 24.2 Å². The van der Waals surface area contributed by atoms with Crippen LogP contribution in [0.2, 0.25) is 0 Å². The third-order valence-corrected chi connectivity index (χ3v) is 3.08. The minimum absolute atomic E-state index is 0.214. The van der Waals surface area contributed by atoms with E-state index in [4.69, 9.17) is 9.47 Å². The molecule has 1 amide bonds. The standard InChI is InChI=1S/C14H17NO5/c16-13(17)12(10-4-2-1-3-5-10)15-14(18)20-11-6-8-19-9-7-11/h1-5,11-12H,6-9H2,(H,15,18)(H,16,17). The van der Waals surface area contributed by atoms with Crippen LogP contribution in [0.1, 0.15) is 24.4 Å². The molecule has 20 heavy (non-hydrogen) atoms. The second kappa shape index (κ2) is 6.91. The van der Waals surface area contributed by atoms with Gasteiger partial charge in [0.1, 0.15) is 6.10 Å². The molecule has 0 radical (unpaired) electrons. The second-order valence-corrected chi connectivity index (χ2v) is 4.54. The number of hydrogen-bond donors (Lipinski definition) is 2. The Morgan fingerprint density at radius 2 is 1.90 bits per heavy atom. The SMILES string of the molecule is O=C(NC(C(=O)O)c1ccccc1)OC1CCOCC1. The highest BCUT2D eigenvalue weighted by molar-refractivity contribution is 5.81. The molecule has 1 aliphatic heterocycles. The minimum Gasteiger partial charge on any atom is -0.479 e. The van der Waals surface area contributed by atoms with Crippen LogP contribution < -0.4 is 5.32 Å². The van der Waals surface area contributed by atoms with Crippen LogP contribution >= 0.6 is 0 Å². The molecule has 0 saturated carbocycles. The van der Waals surface area contributed by atoms with Gasteiger partial charge in [-0.25, -0.2) is 9.59 Å². The number of ether oxygens (including phenoxy) is 2. The maximum Gasteiger partial charge on any atom is 0.408 e. The molecule has 1 aromatic carbocycles. The van der Waals surface area contributed by atoms with Crippen LogP contribution in [0.4, 0.5) is 4.79 Å². The second-order valence-electron chi connectivity index (χ2n) is 4.54. The molecule has 108 valence electrons. The van der Waals surface area contributed by atoms with Crippen molar-refractivity contribution in [1.82, 2.24) is 5.32 Å². The zero-order valence-electron chi connectivity index (χ0n) is 11.0. The molecule has 2 rings (SSSR count). The maximum atomic E-state index is 11.8. The Hall–Kier alpha value is -2.08.